The number of allylic oxidation sites excluding steroid dienone is 1. The molecule has 0 atom stereocenters. The Balaban J connectivity index is 3.08. The van der Waals surface area contributed by atoms with E-state index in [4.69, 9.17) is 28.9 Å². The van der Waals surface area contributed by atoms with Crippen molar-refractivity contribution < 1.29 is 0 Å². The highest BCUT2D eigenvalue weighted by atomic mass is 35.5. The van der Waals surface area contributed by atoms with Crippen LogP contribution in [0.2, 0.25) is 0 Å². The molecule has 0 spiro atoms. The van der Waals surface area contributed by atoms with Gasteiger partial charge in [-0.25, -0.2) is 0 Å². The van der Waals surface area contributed by atoms with Gasteiger partial charge in [0.25, 0.3) is 0 Å². The van der Waals surface area contributed by atoms with Crippen LogP contribution >= 0.6 is 23.2 Å². The smallest absolute Gasteiger partial charge is 0.0951 e. The van der Waals surface area contributed by atoms with Crippen molar-refractivity contribution in [3.8, 4) is 0 Å². The Morgan fingerprint density at radius 2 is 2.29 bits per heavy atom. The van der Waals surface area contributed by atoms with E-state index in [1.807, 2.05) is 0 Å². The molecule has 0 saturated heterocycles. The monoisotopic (exact) mass is 139 g/mol. The molecule has 0 fully saturated rings. The quantitative estimate of drug-likeness (QED) is 0.458. The third kappa shape index (κ3) is 6.12. The van der Waals surface area contributed by atoms with Crippen molar-refractivity contribution in [1.82, 2.24) is 0 Å². The third-order valence-electron chi connectivity index (χ3n) is 0.448. The van der Waals surface area contributed by atoms with Crippen molar-refractivity contribution in [2.24, 2.45) is 5.73 Å². The zero-order valence-electron chi connectivity index (χ0n) is 3.82. The summed E-state index contributed by atoms with van der Waals surface area (Å²) < 4.78 is 0. The lowest BCUT2D eigenvalue weighted by Crippen LogP contribution is -1.85. The van der Waals surface area contributed by atoms with Crippen LogP contribution in [0.15, 0.2) is 11.2 Å². The molecule has 0 aromatic heterocycles. The van der Waals surface area contributed by atoms with E-state index in [0.29, 0.717) is 11.0 Å². The fourth-order valence-electron chi connectivity index (χ4n) is 0.192. The second-order valence-electron chi connectivity index (χ2n) is 1.07. The predicted molar refractivity (Wildman–Crippen MR) is 33.5 cm³/mol. The van der Waals surface area contributed by atoms with Crippen molar-refractivity contribution in [3.05, 3.63) is 11.2 Å². The molecular weight excluding hydrogens is 133 g/mol. The SMILES string of the molecule is N/C(Cl)=C\CCCl. The average molecular weight is 140 g/mol. The Kier molecular flexibility index (Phi) is 4.36. The van der Waals surface area contributed by atoms with Gasteiger partial charge < -0.3 is 5.73 Å². The normalized spacial score (nSPS) is 12.0. The van der Waals surface area contributed by atoms with Gasteiger partial charge in [0.1, 0.15) is 0 Å². The van der Waals surface area contributed by atoms with E-state index < -0.39 is 0 Å². The van der Waals surface area contributed by atoms with Crippen LogP contribution in [-0.4, -0.2) is 5.88 Å². The molecule has 0 radical (unpaired) electrons. The van der Waals surface area contributed by atoms with Crippen molar-refractivity contribution in [2.45, 2.75) is 6.42 Å². The predicted octanol–water partition coefficient (Wildman–Crippen LogP) is 1.65. The highest BCUT2D eigenvalue weighted by Gasteiger charge is 1.77. The largest absolute Gasteiger partial charge is 0.390 e. The maximum atomic E-state index is 5.29. The van der Waals surface area contributed by atoms with Gasteiger partial charge in [0.15, 0.2) is 0 Å². The standard InChI is InChI=1S/C4H7Cl2N/c5-3-1-2-4(6)7/h2H,1,3,7H2/b4-2-. The summed E-state index contributed by atoms with van der Waals surface area (Å²) in [5.74, 6) is 0.577. The molecule has 0 aliphatic rings. The zero-order valence-corrected chi connectivity index (χ0v) is 5.34. The first kappa shape index (κ1) is 7.12. The summed E-state index contributed by atoms with van der Waals surface area (Å²) in [7, 11) is 0. The fraction of sp³-hybridized carbons (Fsp3) is 0.500. The maximum absolute atomic E-state index is 5.29. The second kappa shape index (κ2) is 4.28. The first-order chi connectivity index (χ1) is 3.27. The van der Waals surface area contributed by atoms with Gasteiger partial charge >= 0.3 is 0 Å². The third-order valence-corrected chi connectivity index (χ3v) is 0.821. The first-order valence-electron chi connectivity index (χ1n) is 1.94. The Bertz CT molecular complexity index is 66.1. The molecule has 3 heteroatoms. The van der Waals surface area contributed by atoms with Gasteiger partial charge in [0.2, 0.25) is 0 Å². The van der Waals surface area contributed by atoms with Gasteiger partial charge in [-0.1, -0.05) is 11.6 Å². The van der Waals surface area contributed by atoms with Crippen LogP contribution < -0.4 is 5.73 Å². The minimum Gasteiger partial charge on any atom is -0.390 e. The second-order valence-corrected chi connectivity index (χ2v) is 1.88. The van der Waals surface area contributed by atoms with Crippen LogP contribution in [0.4, 0.5) is 0 Å². The van der Waals surface area contributed by atoms with Crippen LogP contribution in [0.25, 0.3) is 0 Å². The van der Waals surface area contributed by atoms with Crippen LogP contribution in [0.1, 0.15) is 6.42 Å². The lowest BCUT2D eigenvalue weighted by molar-refractivity contribution is 1.21. The van der Waals surface area contributed by atoms with Crippen molar-refractivity contribution >= 4 is 23.2 Å². The van der Waals surface area contributed by atoms with E-state index in [1.54, 1.807) is 6.08 Å². The molecule has 0 aromatic carbocycles. The molecule has 0 aliphatic carbocycles. The van der Waals surface area contributed by atoms with E-state index in [9.17, 15) is 0 Å². The summed E-state index contributed by atoms with van der Waals surface area (Å²) in [6, 6.07) is 0. The molecule has 0 bridgehead atoms. The van der Waals surface area contributed by atoms with Gasteiger partial charge in [-0.05, 0) is 12.5 Å². The number of halogens is 2. The molecule has 0 heterocycles. The lowest BCUT2D eigenvalue weighted by Gasteiger charge is -1.82. The minimum absolute atomic E-state index is 0.320. The van der Waals surface area contributed by atoms with E-state index >= 15 is 0 Å². The summed E-state index contributed by atoms with van der Waals surface area (Å²) in [5.41, 5.74) is 5.05. The van der Waals surface area contributed by atoms with Gasteiger partial charge in [-0.3, -0.25) is 0 Å². The average Bonchev–Trinajstić information content (AvgIpc) is 1.61. The Morgan fingerprint density at radius 1 is 1.71 bits per heavy atom. The lowest BCUT2D eigenvalue weighted by atomic mass is 10.5. The molecule has 0 aromatic rings. The van der Waals surface area contributed by atoms with E-state index in [-0.39, 0.29) is 0 Å². The molecular formula is C4H7Cl2N. The van der Waals surface area contributed by atoms with Gasteiger partial charge in [0.05, 0.1) is 5.16 Å². The highest BCUT2D eigenvalue weighted by molar-refractivity contribution is 6.29. The van der Waals surface area contributed by atoms with E-state index in [0.717, 1.165) is 6.42 Å². The minimum atomic E-state index is 0.320. The summed E-state index contributed by atoms with van der Waals surface area (Å²) in [6.07, 6.45) is 2.42. The van der Waals surface area contributed by atoms with Crippen LogP contribution in [0.5, 0.6) is 0 Å². The van der Waals surface area contributed by atoms with Gasteiger partial charge in [0, 0.05) is 5.88 Å². The number of nitrogens with two attached hydrogens (primary N) is 1. The molecule has 42 valence electrons. The molecule has 0 saturated carbocycles. The highest BCUT2D eigenvalue weighted by Crippen LogP contribution is 1.93. The zero-order chi connectivity index (χ0) is 5.70. The first-order valence-corrected chi connectivity index (χ1v) is 2.85. The Hall–Kier alpha value is 0.120. The Labute approximate surface area is 53.1 Å². The molecule has 0 amide bonds. The number of rotatable bonds is 2. The van der Waals surface area contributed by atoms with Crippen LogP contribution in [-0.2, 0) is 0 Å². The number of hydrogen-bond donors (Lipinski definition) is 1. The summed E-state index contributed by atoms with van der Waals surface area (Å²) in [6.45, 7) is 0. The number of hydrogen-bond acceptors (Lipinski definition) is 1. The van der Waals surface area contributed by atoms with Gasteiger partial charge in [-0.15, -0.1) is 11.6 Å². The molecule has 2 N–H and O–H groups in total. The Morgan fingerprint density at radius 3 is 2.43 bits per heavy atom. The van der Waals surface area contributed by atoms with Gasteiger partial charge in [-0.2, -0.15) is 0 Å². The summed E-state index contributed by atoms with van der Waals surface area (Å²) in [4.78, 5) is 0. The molecule has 7 heavy (non-hydrogen) atoms. The van der Waals surface area contributed by atoms with E-state index in [1.165, 1.54) is 0 Å². The van der Waals surface area contributed by atoms with Crippen LogP contribution in [0.3, 0.4) is 0 Å². The maximum Gasteiger partial charge on any atom is 0.0951 e. The fourth-order valence-corrected chi connectivity index (χ4v) is 0.411. The topological polar surface area (TPSA) is 26.0 Å². The molecule has 1 nitrogen and oxygen atoms in total. The molecule has 0 rings (SSSR count). The molecule has 0 unspecified atom stereocenters. The van der Waals surface area contributed by atoms with Crippen molar-refractivity contribution in [1.29, 1.82) is 0 Å². The summed E-state index contributed by atoms with van der Waals surface area (Å²) in [5, 5.41) is 0.320. The van der Waals surface area contributed by atoms with E-state index in [2.05, 4.69) is 0 Å². The van der Waals surface area contributed by atoms with Crippen molar-refractivity contribution in [2.75, 3.05) is 5.88 Å². The van der Waals surface area contributed by atoms with Crippen molar-refractivity contribution in [3.63, 3.8) is 0 Å². The van der Waals surface area contributed by atoms with Crippen LogP contribution in [0, 0.1) is 0 Å². The number of alkyl halides is 1. The molecule has 0 aliphatic heterocycles. The summed E-state index contributed by atoms with van der Waals surface area (Å²) >= 11 is 10.5.